The van der Waals surface area contributed by atoms with E-state index >= 15 is 0 Å². The van der Waals surface area contributed by atoms with E-state index in [9.17, 15) is 0 Å². The fraction of sp³-hybridized carbons (Fsp3) is 0.333. The number of aromatic nitrogens is 6. The predicted octanol–water partition coefficient (Wildman–Crippen LogP) is 4.58. The third kappa shape index (κ3) is 3.01. The van der Waals surface area contributed by atoms with Crippen LogP contribution >= 0.6 is 0 Å². The largest absolute Gasteiger partial charge is 0.282 e. The Labute approximate surface area is 158 Å². The van der Waals surface area contributed by atoms with E-state index in [-0.39, 0.29) is 5.41 Å². The molecule has 6 nitrogen and oxygen atoms in total. The molecular weight excluding hydrogens is 336 g/mol. The minimum absolute atomic E-state index is 0.00821. The predicted molar refractivity (Wildman–Crippen MR) is 108 cm³/mol. The highest BCUT2D eigenvalue weighted by molar-refractivity contribution is 5.95. The van der Waals surface area contributed by atoms with Crippen LogP contribution in [0, 0.1) is 6.92 Å². The van der Waals surface area contributed by atoms with Crippen molar-refractivity contribution in [3.8, 4) is 22.8 Å². The van der Waals surface area contributed by atoms with Gasteiger partial charge < -0.3 is 0 Å². The third-order valence-electron chi connectivity index (χ3n) is 4.97. The van der Waals surface area contributed by atoms with Crippen LogP contribution in [0.2, 0.25) is 0 Å². The van der Waals surface area contributed by atoms with E-state index in [1.165, 1.54) is 0 Å². The van der Waals surface area contributed by atoms with Crippen LogP contribution in [0.1, 0.15) is 44.6 Å². The van der Waals surface area contributed by atoms with Gasteiger partial charge in [-0.25, -0.2) is 4.98 Å². The van der Waals surface area contributed by atoms with Crippen LogP contribution in [-0.4, -0.2) is 30.4 Å². The third-order valence-corrected chi connectivity index (χ3v) is 4.97. The maximum absolute atomic E-state index is 4.94. The van der Waals surface area contributed by atoms with Gasteiger partial charge in [-0.05, 0) is 42.5 Å². The molecule has 0 fully saturated rings. The van der Waals surface area contributed by atoms with Gasteiger partial charge in [-0.2, -0.15) is 10.2 Å². The fourth-order valence-corrected chi connectivity index (χ4v) is 3.26. The van der Waals surface area contributed by atoms with Crippen LogP contribution in [-0.2, 0) is 11.8 Å². The van der Waals surface area contributed by atoms with E-state index in [2.05, 4.69) is 72.1 Å². The van der Waals surface area contributed by atoms with Gasteiger partial charge in [0.2, 0.25) is 0 Å². The molecule has 4 aromatic rings. The van der Waals surface area contributed by atoms with Crippen LogP contribution in [0.5, 0.6) is 0 Å². The molecule has 4 rings (SSSR count). The lowest BCUT2D eigenvalue weighted by atomic mass is 9.92. The summed E-state index contributed by atoms with van der Waals surface area (Å²) < 4.78 is 0. The Bertz CT molecular complexity index is 1110. The van der Waals surface area contributed by atoms with Gasteiger partial charge >= 0.3 is 0 Å². The molecule has 0 saturated carbocycles. The number of hydrogen-bond donors (Lipinski definition) is 2. The van der Waals surface area contributed by atoms with Crippen LogP contribution in [0.4, 0.5) is 0 Å². The molecule has 4 aromatic heterocycles. The maximum Gasteiger partial charge on any atom is 0.114 e. The fourth-order valence-electron chi connectivity index (χ4n) is 3.26. The van der Waals surface area contributed by atoms with Crippen molar-refractivity contribution in [1.82, 2.24) is 30.4 Å². The van der Waals surface area contributed by atoms with Crippen molar-refractivity contribution in [3.63, 3.8) is 0 Å². The van der Waals surface area contributed by atoms with Crippen molar-refractivity contribution < 1.29 is 0 Å². The summed E-state index contributed by atoms with van der Waals surface area (Å²) in [5.41, 5.74) is 6.72. The second kappa shape index (κ2) is 6.30. The summed E-state index contributed by atoms with van der Waals surface area (Å²) in [7, 11) is 0. The number of fused-ring (bicyclic) bond motifs is 1. The molecule has 0 aliphatic heterocycles. The van der Waals surface area contributed by atoms with Crippen molar-refractivity contribution >= 4 is 10.8 Å². The standard InChI is InChI=1S/C21H24N6/c1-6-15-12(2)19(27-24-15)16-9-13-7-8-22-11-14(13)20(23-16)17-10-18(26-25-17)21(3,4)5/h7-11H,6H2,1-5H3,(H,24,27)(H,25,26). The molecule has 6 heteroatoms. The van der Waals surface area contributed by atoms with Crippen LogP contribution < -0.4 is 0 Å². The van der Waals surface area contributed by atoms with Crippen molar-refractivity contribution in [2.45, 2.75) is 46.5 Å². The van der Waals surface area contributed by atoms with E-state index in [1.54, 1.807) is 6.20 Å². The van der Waals surface area contributed by atoms with Crippen molar-refractivity contribution in [1.29, 1.82) is 0 Å². The number of nitrogens with zero attached hydrogens (tertiary/aromatic N) is 4. The molecule has 2 N–H and O–H groups in total. The van der Waals surface area contributed by atoms with Crippen molar-refractivity contribution in [2.75, 3.05) is 0 Å². The molecule has 0 amide bonds. The highest BCUT2D eigenvalue weighted by atomic mass is 15.1. The molecule has 0 aliphatic rings. The lowest BCUT2D eigenvalue weighted by Crippen LogP contribution is -2.11. The molecule has 27 heavy (non-hydrogen) atoms. The van der Waals surface area contributed by atoms with Gasteiger partial charge in [0.15, 0.2) is 0 Å². The molecule has 4 heterocycles. The van der Waals surface area contributed by atoms with Crippen LogP contribution in [0.15, 0.2) is 30.6 Å². The van der Waals surface area contributed by atoms with Crippen LogP contribution in [0.25, 0.3) is 33.5 Å². The summed E-state index contributed by atoms with van der Waals surface area (Å²) in [5.74, 6) is 0. The average Bonchev–Trinajstić information content (AvgIpc) is 3.27. The molecule has 0 spiro atoms. The molecule has 0 bridgehead atoms. The number of hydrogen-bond acceptors (Lipinski definition) is 4. The van der Waals surface area contributed by atoms with E-state index in [4.69, 9.17) is 4.98 Å². The van der Waals surface area contributed by atoms with Gasteiger partial charge in [-0.3, -0.25) is 15.2 Å². The SMILES string of the molecule is CCc1[nH]nc(-c2cc3ccncc3c(-c3cc(C(C)(C)C)[nH]n3)n2)c1C. The van der Waals surface area contributed by atoms with Gasteiger partial charge in [0.05, 0.1) is 5.69 Å². The zero-order chi connectivity index (χ0) is 19.2. The summed E-state index contributed by atoms with van der Waals surface area (Å²) in [6, 6.07) is 6.15. The Morgan fingerprint density at radius 1 is 1.00 bits per heavy atom. The summed E-state index contributed by atoms with van der Waals surface area (Å²) >= 11 is 0. The summed E-state index contributed by atoms with van der Waals surface area (Å²) in [6.45, 7) is 10.7. The summed E-state index contributed by atoms with van der Waals surface area (Å²) in [5, 5.41) is 17.4. The lowest BCUT2D eigenvalue weighted by Gasteiger charge is -2.14. The molecule has 0 saturated heterocycles. The Balaban J connectivity index is 1.94. The summed E-state index contributed by atoms with van der Waals surface area (Å²) in [6.07, 6.45) is 4.56. The number of H-pyrrole nitrogens is 2. The van der Waals surface area contributed by atoms with E-state index in [0.717, 1.165) is 56.9 Å². The number of nitrogens with one attached hydrogen (secondary N) is 2. The average molecular weight is 360 g/mol. The normalized spacial score (nSPS) is 12.0. The minimum Gasteiger partial charge on any atom is -0.282 e. The van der Waals surface area contributed by atoms with Crippen molar-refractivity contribution in [2.24, 2.45) is 0 Å². The second-order valence-electron chi connectivity index (χ2n) is 7.90. The first-order chi connectivity index (χ1) is 12.9. The van der Waals surface area contributed by atoms with Crippen molar-refractivity contribution in [3.05, 3.63) is 47.5 Å². The molecule has 0 radical (unpaired) electrons. The van der Waals surface area contributed by atoms with Gasteiger partial charge in [0.1, 0.15) is 17.1 Å². The molecular formula is C21H24N6. The zero-order valence-corrected chi connectivity index (χ0v) is 16.4. The molecule has 138 valence electrons. The summed E-state index contributed by atoms with van der Waals surface area (Å²) in [4.78, 5) is 9.23. The molecule has 0 aromatic carbocycles. The first-order valence-electron chi connectivity index (χ1n) is 9.23. The maximum atomic E-state index is 4.94. The Morgan fingerprint density at radius 2 is 1.81 bits per heavy atom. The van der Waals surface area contributed by atoms with E-state index in [1.807, 2.05) is 12.3 Å². The first-order valence-corrected chi connectivity index (χ1v) is 9.23. The topological polar surface area (TPSA) is 83.1 Å². The molecule has 0 atom stereocenters. The number of rotatable bonds is 3. The smallest absolute Gasteiger partial charge is 0.114 e. The molecule has 0 unspecified atom stereocenters. The quantitative estimate of drug-likeness (QED) is 0.560. The Hall–Kier alpha value is -3.02. The van der Waals surface area contributed by atoms with Gasteiger partial charge in [0.25, 0.3) is 0 Å². The molecule has 0 aliphatic carbocycles. The van der Waals surface area contributed by atoms with E-state index in [0.29, 0.717) is 0 Å². The lowest BCUT2D eigenvalue weighted by molar-refractivity contribution is 0.567. The van der Waals surface area contributed by atoms with Gasteiger partial charge in [-0.1, -0.05) is 27.7 Å². The van der Waals surface area contributed by atoms with E-state index < -0.39 is 0 Å². The number of aromatic amines is 2. The van der Waals surface area contributed by atoms with Gasteiger partial charge in [-0.15, -0.1) is 0 Å². The highest BCUT2D eigenvalue weighted by Gasteiger charge is 2.20. The number of pyridine rings is 2. The monoisotopic (exact) mass is 360 g/mol. The number of aryl methyl sites for hydroxylation is 1. The zero-order valence-electron chi connectivity index (χ0n) is 16.4. The first kappa shape index (κ1) is 17.4. The Morgan fingerprint density at radius 3 is 2.48 bits per heavy atom. The van der Waals surface area contributed by atoms with Crippen LogP contribution in [0.3, 0.4) is 0 Å². The highest BCUT2D eigenvalue weighted by Crippen LogP contribution is 2.32. The second-order valence-corrected chi connectivity index (χ2v) is 7.90. The van der Waals surface area contributed by atoms with Gasteiger partial charge in [0, 0.05) is 34.6 Å². The Kier molecular flexibility index (Phi) is 4.06. The minimum atomic E-state index is -0.00821.